The molecule has 1 N–H and O–H groups in total. The summed E-state index contributed by atoms with van der Waals surface area (Å²) in [7, 11) is 0. The van der Waals surface area contributed by atoms with Gasteiger partial charge in [0.15, 0.2) is 0 Å². The largest absolute Gasteiger partial charge is 0.372 e. The molecule has 0 radical (unpaired) electrons. The average Bonchev–Trinajstić information content (AvgIpc) is 3.07. The quantitative estimate of drug-likeness (QED) is 0.494. The number of carbonyl (C=O) groups is 2. The third-order valence-electron chi connectivity index (χ3n) is 5.75. The molecule has 3 aromatic rings. The summed E-state index contributed by atoms with van der Waals surface area (Å²) in [5, 5.41) is 3.19. The SMILES string of the molecule is CCN(CC)c1ccc(NC2=C(c3ccccc3)C(=O)N(Cc3ccc(F)cc3)C2=O)cc1. The van der Waals surface area contributed by atoms with E-state index >= 15 is 0 Å². The Morgan fingerprint density at radius 3 is 2.06 bits per heavy atom. The van der Waals surface area contributed by atoms with E-state index in [0.29, 0.717) is 16.7 Å². The van der Waals surface area contributed by atoms with Crippen molar-refractivity contribution in [2.75, 3.05) is 23.3 Å². The second kappa shape index (κ2) is 9.69. The van der Waals surface area contributed by atoms with Gasteiger partial charge in [0.2, 0.25) is 0 Å². The number of amides is 2. The number of halogens is 1. The van der Waals surface area contributed by atoms with E-state index in [2.05, 4.69) is 24.1 Å². The molecule has 0 saturated heterocycles. The highest BCUT2D eigenvalue weighted by Crippen LogP contribution is 2.32. The van der Waals surface area contributed by atoms with Gasteiger partial charge in [0.05, 0.1) is 12.1 Å². The summed E-state index contributed by atoms with van der Waals surface area (Å²) in [6, 6.07) is 22.8. The summed E-state index contributed by atoms with van der Waals surface area (Å²) in [6.07, 6.45) is 0. The van der Waals surface area contributed by atoms with E-state index in [0.717, 1.165) is 24.5 Å². The molecule has 168 valence electrons. The molecule has 6 heteroatoms. The van der Waals surface area contributed by atoms with Gasteiger partial charge in [-0.1, -0.05) is 42.5 Å². The molecule has 5 nitrogen and oxygen atoms in total. The van der Waals surface area contributed by atoms with Gasteiger partial charge in [0.1, 0.15) is 11.5 Å². The number of nitrogens with one attached hydrogen (secondary N) is 1. The molecule has 0 aromatic heterocycles. The van der Waals surface area contributed by atoms with E-state index < -0.39 is 5.91 Å². The second-order valence-electron chi connectivity index (χ2n) is 7.78. The number of hydrogen-bond donors (Lipinski definition) is 1. The van der Waals surface area contributed by atoms with Crippen molar-refractivity contribution in [3.63, 3.8) is 0 Å². The van der Waals surface area contributed by atoms with Crippen molar-refractivity contribution in [1.82, 2.24) is 4.90 Å². The molecular weight excluding hydrogens is 417 g/mol. The highest BCUT2D eigenvalue weighted by Gasteiger charge is 2.39. The molecule has 33 heavy (non-hydrogen) atoms. The molecule has 0 atom stereocenters. The maximum absolute atomic E-state index is 13.3. The standard InChI is InChI=1S/C27H26FN3O2/c1-3-30(4-2)23-16-14-22(15-17-23)29-25-24(20-8-6-5-7-9-20)26(32)31(27(25)33)18-19-10-12-21(28)13-11-19/h5-17,29H,3-4,18H2,1-2H3. The van der Waals surface area contributed by atoms with Crippen molar-refractivity contribution >= 4 is 28.8 Å². The topological polar surface area (TPSA) is 52.7 Å². The molecule has 0 bridgehead atoms. The van der Waals surface area contributed by atoms with Gasteiger partial charge in [-0.15, -0.1) is 0 Å². The van der Waals surface area contributed by atoms with E-state index in [1.807, 2.05) is 54.6 Å². The van der Waals surface area contributed by atoms with Crippen molar-refractivity contribution in [1.29, 1.82) is 0 Å². The van der Waals surface area contributed by atoms with E-state index in [1.165, 1.54) is 17.0 Å². The predicted octanol–water partition coefficient (Wildman–Crippen LogP) is 5.06. The Hall–Kier alpha value is -3.93. The van der Waals surface area contributed by atoms with Crippen molar-refractivity contribution in [3.05, 3.63) is 102 Å². The van der Waals surface area contributed by atoms with Crippen LogP contribution in [0.2, 0.25) is 0 Å². The molecule has 0 fully saturated rings. The van der Waals surface area contributed by atoms with Gasteiger partial charge in [-0.05, 0) is 61.4 Å². The maximum Gasteiger partial charge on any atom is 0.278 e. The van der Waals surface area contributed by atoms with Crippen LogP contribution in [0.15, 0.2) is 84.6 Å². The van der Waals surface area contributed by atoms with Crippen LogP contribution in [0.5, 0.6) is 0 Å². The Labute approximate surface area is 193 Å². The predicted molar refractivity (Wildman–Crippen MR) is 129 cm³/mol. The Morgan fingerprint density at radius 1 is 0.818 bits per heavy atom. The summed E-state index contributed by atoms with van der Waals surface area (Å²) in [5.41, 5.74) is 3.73. The first-order valence-corrected chi connectivity index (χ1v) is 11.0. The van der Waals surface area contributed by atoms with Crippen molar-refractivity contribution in [3.8, 4) is 0 Å². The van der Waals surface area contributed by atoms with Gasteiger partial charge in [-0.2, -0.15) is 0 Å². The van der Waals surface area contributed by atoms with Crippen LogP contribution in [0.25, 0.3) is 5.57 Å². The Balaban J connectivity index is 1.66. The van der Waals surface area contributed by atoms with Crippen LogP contribution in [0.4, 0.5) is 15.8 Å². The van der Waals surface area contributed by atoms with Crippen LogP contribution in [-0.2, 0) is 16.1 Å². The summed E-state index contributed by atoms with van der Waals surface area (Å²) in [6.45, 7) is 6.08. The molecule has 0 spiro atoms. The number of hydrogen-bond acceptors (Lipinski definition) is 4. The van der Waals surface area contributed by atoms with Crippen molar-refractivity contribution in [2.45, 2.75) is 20.4 Å². The zero-order valence-corrected chi connectivity index (χ0v) is 18.7. The molecule has 3 aromatic carbocycles. The second-order valence-corrected chi connectivity index (χ2v) is 7.78. The van der Waals surface area contributed by atoms with Gasteiger partial charge >= 0.3 is 0 Å². The van der Waals surface area contributed by atoms with Crippen molar-refractivity contribution in [2.24, 2.45) is 0 Å². The molecule has 1 aliphatic rings. The first-order chi connectivity index (χ1) is 16.0. The van der Waals surface area contributed by atoms with E-state index in [1.54, 1.807) is 12.1 Å². The minimum Gasteiger partial charge on any atom is -0.372 e. The third kappa shape index (κ3) is 4.65. The minimum absolute atomic E-state index is 0.0698. The molecule has 0 aliphatic carbocycles. The van der Waals surface area contributed by atoms with Gasteiger partial charge in [-0.25, -0.2) is 4.39 Å². The highest BCUT2D eigenvalue weighted by atomic mass is 19.1. The first-order valence-electron chi connectivity index (χ1n) is 11.0. The van der Waals surface area contributed by atoms with E-state index in [4.69, 9.17) is 0 Å². The summed E-state index contributed by atoms with van der Waals surface area (Å²) in [5.74, 6) is -1.15. The van der Waals surface area contributed by atoms with E-state index in [-0.39, 0.29) is 24.0 Å². The smallest absolute Gasteiger partial charge is 0.278 e. The van der Waals surface area contributed by atoms with Gasteiger partial charge in [-0.3, -0.25) is 14.5 Å². The van der Waals surface area contributed by atoms with E-state index in [9.17, 15) is 14.0 Å². The van der Waals surface area contributed by atoms with Gasteiger partial charge in [0.25, 0.3) is 11.8 Å². The summed E-state index contributed by atoms with van der Waals surface area (Å²) in [4.78, 5) is 30.1. The number of rotatable bonds is 8. The fraction of sp³-hybridized carbons (Fsp3) is 0.185. The highest BCUT2D eigenvalue weighted by molar-refractivity contribution is 6.36. The normalized spacial score (nSPS) is 13.6. The minimum atomic E-state index is -0.406. The molecule has 2 amide bonds. The summed E-state index contributed by atoms with van der Waals surface area (Å²) < 4.78 is 13.3. The number of nitrogens with zero attached hydrogens (tertiary/aromatic N) is 2. The fourth-order valence-corrected chi connectivity index (χ4v) is 3.97. The van der Waals surface area contributed by atoms with Crippen LogP contribution in [-0.4, -0.2) is 29.8 Å². The Bertz CT molecular complexity index is 1170. The zero-order valence-electron chi connectivity index (χ0n) is 18.7. The zero-order chi connectivity index (χ0) is 23.4. The number of carbonyl (C=O) groups excluding carboxylic acids is 2. The lowest BCUT2D eigenvalue weighted by Crippen LogP contribution is -2.32. The molecular formula is C27H26FN3O2. The number of benzene rings is 3. The first kappa shape index (κ1) is 22.3. The molecule has 0 unspecified atom stereocenters. The van der Waals surface area contributed by atoms with Gasteiger partial charge in [0, 0.05) is 24.5 Å². The number of imide groups is 1. The lowest BCUT2D eigenvalue weighted by Gasteiger charge is -2.21. The Morgan fingerprint density at radius 2 is 1.45 bits per heavy atom. The molecule has 1 aliphatic heterocycles. The van der Waals surface area contributed by atoms with Gasteiger partial charge < -0.3 is 10.2 Å². The number of anilines is 2. The van der Waals surface area contributed by atoms with Crippen LogP contribution in [0, 0.1) is 5.82 Å². The van der Waals surface area contributed by atoms with Crippen LogP contribution in [0.3, 0.4) is 0 Å². The maximum atomic E-state index is 13.3. The average molecular weight is 444 g/mol. The summed E-state index contributed by atoms with van der Waals surface area (Å²) >= 11 is 0. The molecule has 4 rings (SSSR count). The fourth-order valence-electron chi connectivity index (χ4n) is 3.97. The lowest BCUT2D eigenvalue weighted by molar-refractivity contribution is -0.137. The van der Waals surface area contributed by atoms with Crippen molar-refractivity contribution < 1.29 is 14.0 Å². The van der Waals surface area contributed by atoms with Crippen LogP contribution >= 0.6 is 0 Å². The third-order valence-corrected chi connectivity index (χ3v) is 5.75. The van der Waals surface area contributed by atoms with Crippen LogP contribution < -0.4 is 10.2 Å². The van der Waals surface area contributed by atoms with Crippen LogP contribution in [0.1, 0.15) is 25.0 Å². The molecule has 0 saturated carbocycles. The monoisotopic (exact) mass is 443 g/mol. The Kier molecular flexibility index (Phi) is 6.54. The lowest BCUT2D eigenvalue weighted by atomic mass is 10.0. The molecule has 1 heterocycles.